The van der Waals surface area contributed by atoms with Crippen LogP contribution in [0, 0.1) is 5.82 Å². The van der Waals surface area contributed by atoms with E-state index in [4.69, 9.17) is 5.11 Å². The third kappa shape index (κ3) is 2.39. The van der Waals surface area contributed by atoms with E-state index in [-0.39, 0.29) is 5.69 Å². The van der Waals surface area contributed by atoms with Gasteiger partial charge in [0.25, 0.3) is 0 Å². The molecule has 1 aromatic heterocycles. The Balaban J connectivity index is 2.66. The van der Waals surface area contributed by atoms with E-state index in [1.807, 2.05) is 0 Å². The highest BCUT2D eigenvalue weighted by molar-refractivity contribution is 5.87. The molecular formula is C10H5F4N3O2. The van der Waals surface area contributed by atoms with Gasteiger partial charge in [0.15, 0.2) is 5.69 Å². The van der Waals surface area contributed by atoms with Crippen molar-refractivity contribution in [3.63, 3.8) is 0 Å². The van der Waals surface area contributed by atoms with Crippen LogP contribution in [0.1, 0.15) is 16.2 Å². The minimum Gasteiger partial charge on any atom is -0.476 e. The van der Waals surface area contributed by atoms with Crippen LogP contribution in [0.4, 0.5) is 17.6 Å². The minimum atomic E-state index is -4.96. The molecule has 0 saturated heterocycles. The average Bonchev–Trinajstić information content (AvgIpc) is 2.72. The number of carboxylic acid groups (broad SMARTS) is 1. The van der Waals surface area contributed by atoms with Crippen LogP contribution in [0.25, 0.3) is 5.69 Å². The third-order valence-electron chi connectivity index (χ3n) is 2.19. The van der Waals surface area contributed by atoms with Crippen LogP contribution in [-0.2, 0) is 6.18 Å². The standard InChI is InChI=1S/C10H5F4N3O2/c11-5-2-1-3-6(4-5)17-7(9(18)19)8(15-16-17)10(12,13)14/h1-4H,(H,18,19). The minimum absolute atomic E-state index is 0.166. The molecule has 5 nitrogen and oxygen atoms in total. The number of aromatic carboxylic acids is 1. The topological polar surface area (TPSA) is 68.0 Å². The van der Waals surface area contributed by atoms with Crippen LogP contribution < -0.4 is 0 Å². The van der Waals surface area contributed by atoms with Crippen molar-refractivity contribution in [1.82, 2.24) is 15.0 Å². The number of aromatic nitrogens is 3. The van der Waals surface area contributed by atoms with Gasteiger partial charge in [0, 0.05) is 0 Å². The van der Waals surface area contributed by atoms with E-state index in [1.54, 1.807) is 0 Å². The number of alkyl halides is 3. The molecule has 0 unspecified atom stereocenters. The number of carboxylic acids is 1. The number of nitrogens with zero attached hydrogens (tertiary/aromatic N) is 3. The predicted molar refractivity (Wildman–Crippen MR) is 53.3 cm³/mol. The lowest BCUT2D eigenvalue weighted by Crippen LogP contribution is -2.15. The number of rotatable bonds is 2. The van der Waals surface area contributed by atoms with E-state index in [2.05, 4.69) is 10.3 Å². The summed E-state index contributed by atoms with van der Waals surface area (Å²) < 4.78 is 51.1. The van der Waals surface area contributed by atoms with Crippen molar-refractivity contribution in [3.05, 3.63) is 41.5 Å². The molecule has 0 fully saturated rings. The van der Waals surface area contributed by atoms with E-state index in [1.165, 1.54) is 12.1 Å². The van der Waals surface area contributed by atoms with Crippen molar-refractivity contribution in [2.45, 2.75) is 6.18 Å². The SMILES string of the molecule is O=C(O)c1c(C(F)(F)F)nnn1-c1cccc(F)c1. The first-order valence-corrected chi connectivity index (χ1v) is 4.83. The zero-order chi connectivity index (χ0) is 14.2. The smallest absolute Gasteiger partial charge is 0.437 e. The summed E-state index contributed by atoms with van der Waals surface area (Å²) in [6.45, 7) is 0. The molecule has 1 aromatic carbocycles. The van der Waals surface area contributed by atoms with Gasteiger partial charge in [-0.2, -0.15) is 13.2 Å². The summed E-state index contributed by atoms with van der Waals surface area (Å²) in [4.78, 5) is 10.9. The van der Waals surface area contributed by atoms with Gasteiger partial charge in [0.05, 0.1) is 5.69 Å². The maximum absolute atomic E-state index is 13.0. The van der Waals surface area contributed by atoms with Crippen LogP contribution in [0.5, 0.6) is 0 Å². The molecule has 100 valence electrons. The number of carbonyl (C=O) groups is 1. The maximum Gasteiger partial charge on any atom is 0.437 e. The van der Waals surface area contributed by atoms with E-state index < -0.39 is 29.4 Å². The fraction of sp³-hybridized carbons (Fsp3) is 0.100. The van der Waals surface area contributed by atoms with Crippen molar-refractivity contribution in [3.8, 4) is 5.69 Å². The van der Waals surface area contributed by atoms with E-state index in [9.17, 15) is 22.4 Å². The van der Waals surface area contributed by atoms with Gasteiger partial charge in [-0.05, 0) is 18.2 Å². The zero-order valence-corrected chi connectivity index (χ0v) is 9.02. The van der Waals surface area contributed by atoms with Gasteiger partial charge >= 0.3 is 12.1 Å². The zero-order valence-electron chi connectivity index (χ0n) is 9.02. The van der Waals surface area contributed by atoms with Gasteiger partial charge in [0.2, 0.25) is 5.69 Å². The van der Waals surface area contributed by atoms with Crippen molar-refractivity contribution in [2.24, 2.45) is 0 Å². The summed E-state index contributed by atoms with van der Waals surface area (Å²) in [5, 5.41) is 14.7. The van der Waals surface area contributed by atoms with Crippen LogP contribution in [-0.4, -0.2) is 26.1 Å². The molecule has 0 spiro atoms. The summed E-state index contributed by atoms with van der Waals surface area (Å²) in [5.74, 6) is -2.60. The number of hydrogen-bond donors (Lipinski definition) is 1. The Hall–Kier alpha value is -2.45. The fourth-order valence-electron chi connectivity index (χ4n) is 1.45. The highest BCUT2D eigenvalue weighted by Crippen LogP contribution is 2.31. The molecule has 1 N–H and O–H groups in total. The van der Waals surface area contributed by atoms with Crippen LogP contribution >= 0.6 is 0 Å². The Morgan fingerprint density at radius 1 is 1.32 bits per heavy atom. The van der Waals surface area contributed by atoms with Gasteiger partial charge < -0.3 is 5.11 Å². The number of benzene rings is 1. The summed E-state index contributed by atoms with van der Waals surface area (Å²) in [6.07, 6.45) is -4.96. The summed E-state index contributed by atoms with van der Waals surface area (Å²) in [5.41, 5.74) is -2.97. The molecule has 0 radical (unpaired) electrons. The Morgan fingerprint density at radius 2 is 2.00 bits per heavy atom. The van der Waals surface area contributed by atoms with Gasteiger partial charge in [-0.3, -0.25) is 0 Å². The molecular weight excluding hydrogens is 270 g/mol. The molecule has 0 aliphatic rings. The van der Waals surface area contributed by atoms with Gasteiger partial charge in [0.1, 0.15) is 5.82 Å². The lowest BCUT2D eigenvalue weighted by Gasteiger charge is -2.06. The summed E-state index contributed by atoms with van der Waals surface area (Å²) >= 11 is 0. The first-order valence-electron chi connectivity index (χ1n) is 4.83. The normalized spacial score (nSPS) is 11.6. The van der Waals surface area contributed by atoms with Crippen LogP contribution in [0.3, 0.4) is 0 Å². The fourth-order valence-corrected chi connectivity index (χ4v) is 1.45. The highest BCUT2D eigenvalue weighted by atomic mass is 19.4. The maximum atomic E-state index is 13.0. The second-order valence-electron chi connectivity index (χ2n) is 3.48. The average molecular weight is 275 g/mol. The molecule has 9 heteroatoms. The predicted octanol–water partition coefficient (Wildman–Crippen LogP) is 2.12. The molecule has 0 amide bonds. The second kappa shape index (κ2) is 4.34. The van der Waals surface area contributed by atoms with Crippen molar-refractivity contribution >= 4 is 5.97 Å². The molecule has 0 aliphatic carbocycles. The van der Waals surface area contributed by atoms with Gasteiger partial charge in [-0.1, -0.05) is 11.3 Å². The molecule has 0 aliphatic heterocycles. The lowest BCUT2D eigenvalue weighted by atomic mass is 10.2. The van der Waals surface area contributed by atoms with Crippen LogP contribution in [0.2, 0.25) is 0 Å². The molecule has 2 aromatic rings. The van der Waals surface area contributed by atoms with Crippen molar-refractivity contribution < 1.29 is 27.5 Å². The Labute approximate surface area is 103 Å². The molecule has 0 atom stereocenters. The molecule has 19 heavy (non-hydrogen) atoms. The van der Waals surface area contributed by atoms with E-state index in [0.29, 0.717) is 4.68 Å². The summed E-state index contributed by atoms with van der Waals surface area (Å²) in [7, 11) is 0. The van der Waals surface area contributed by atoms with Crippen molar-refractivity contribution in [1.29, 1.82) is 0 Å². The first kappa shape index (κ1) is 13.0. The molecule has 2 rings (SSSR count). The largest absolute Gasteiger partial charge is 0.476 e. The lowest BCUT2D eigenvalue weighted by molar-refractivity contribution is -0.141. The summed E-state index contributed by atoms with van der Waals surface area (Å²) in [6, 6.07) is 4.34. The highest BCUT2D eigenvalue weighted by Gasteiger charge is 2.41. The van der Waals surface area contributed by atoms with Gasteiger partial charge in [-0.25, -0.2) is 13.9 Å². The number of halogens is 4. The second-order valence-corrected chi connectivity index (χ2v) is 3.48. The van der Waals surface area contributed by atoms with E-state index in [0.717, 1.165) is 12.1 Å². The monoisotopic (exact) mass is 275 g/mol. The first-order chi connectivity index (χ1) is 8.80. The van der Waals surface area contributed by atoms with Crippen molar-refractivity contribution in [2.75, 3.05) is 0 Å². The Bertz CT molecular complexity index is 636. The number of hydrogen-bond acceptors (Lipinski definition) is 3. The third-order valence-corrected chi connectivity index (χ3v) is 2.19. The van der Waals surface area contributed by atoms with Crippen LogP contribution in [0.15, 0.2) is 24.3 Å². The molecule has 0 bridgehead atoms. The molecule has 1 heterocycles. The Morgan fingerprint density at radius 3 is 2.53 bits per heavy atom. The van der Waals surface area contributed by atoms with E-state index >= 15 is 0 Å². The molecule has 0 saturated carbocycles. The van der Waals surface area contributed by atoms with Gasteiger partial charge in [-0.15, -0.1) is 5.10 Å². The Kier molecular flexibility index (Phi) is 2.97. The quantitative estimate of drug-likeness (QED) is 0.852.